The zero-order valence-electron chi connectivity index (χ0n) is 18.6. The second-order valence-corrected chi connectivity index (χ2v) is 9.08. The Morgan fingerprint density at radius 2 is 1.80 bits per heavy atom. The topological polar surface area (TPSA) is 53.5 Å². The molecule has 1 aliphatic heterocycles. The van der Waals surface area contributed by atoms with Crippen molar-refractivity contribution in [1.82, 2.24) is 14.8 Å². The number of benzene rings is 1. The maximum atomic E-state index is 13.2. The number of likely N-dealkylation sites (tertiary alicyclic amines) is 1. The van der Waals surface area contributed by atoms with Gasteiger partial charge in [-0.25, -0.2) is 0 Å². The highest BCUT2D eigenvalue weighted by atomic mass is 16.2. The molecule has 2 amide bonds. The summed E-state index contributed by atoms with van der Waals surface area (Å²) in [7, 11) is 3.65. The molecule has 0 N–H and O–H groups in total. The Bertz CT molecular complexity index is 869. The molecule has 1 aromatic carbocycles. The van der Waals surface area contributed by atoms with E-state index < -0.39 is 5.41 Å². The summed E-state index contributed by atoms with van der Waals surface area (Å²) >= 11 is 0. The second-order valence-electron chi connectivity index (χ2n) is 9.08. The number of hydrogen-bond donors (Lipinski definition) is 0. The van der Waals surface area contributed by atoms with Gasteiger partial charge in [-0.3, -0.25) is 14.6 Å². The Morgan fingerprint density at radius 3 is 2.40 bits per heavy atom. The molecule has 1 saturated heterocycles. The zero-order chi connectivity index (χ0) is 21.7. The molecule has 0 atom stereocenters. The molecule has 1 aromatic heterocycles. The average Bonchev–Trinajstić information content (AvgIpc) is 2.74. The molecule has 2 heterocycles. The smallest absolute Gasteiger partial charge is 0.228 e. The van der Waals surface area contributed by atoms with E-state index in [9.17, 15) is 9.59 Å². The lowest BCUT2D eigenvalue weighted by Crippen LogP contribution is -2.51. The van der Waals surface area contributed by atoms with Crippen LogP contribution in [0.25, 0.3) is 11.1 Å². The first-order valence-corrected chi connectivity index (χ1v) is 10.8. The Kier molecular flexibility index (Phi) is 6.91. The molecule has 0 aliphatic carbocycles. The molecule has 1 fully saturated rings. The van der Waals surface area contributed by atoms with E-state index in [0.717, 1.165) is 16.7 Å². The van der Waals surface area contributed by atoms with E-state index in [-0.39, 0.29) is 11.8 Å². The molecule has 5 heteroatoms. The Morgan fingerprint density at radius 1 is 1.10 bits per heavy atom. The van der Waals surface area contributed by atoms with Crippen LogP contribution in [0.1, 0.15) is 38.7 Å². The highest BCUT2D eigenvalue weighted by Crippen LogP contribution is 2.38. The van der Waals surface area contributed by atoms with Crippen LogP contribution >= 0.6 is 0 Å². The van der Waals surface area contributed by atoms with Crippen molar-refractivity contribution in [2.24, 2.45) is 11.3 Å². The molecule has 3 rings (SSSR count). The number of rotatable bonds is 6. The Labute approximate surface area is 180 Å². The lowest BCUT2D eigenvalue weighted by atomic mass is 9.72. The van der Waals surface area contributed by atoms with Crippen molar-refractivity contribution in [3.8, 4) is 11.1 Å². The van der Waals surface area contributed by atoms with Gasteiger partial charge in [-0.1, -0.05) is 44.2 Å². The van der Waals surface area contributed by atoms with Gasteiger partial charge in [0.25, 0.3) is 0 Å². The van der Waals surface area contributed by atoms with Crippen molar-refractivity contribution in [2.45, 2.75) is 39.5 Å². The number of pyridine rings is 1. The second kappa shape index (κ2) is 9.41. The van der Waals surface area contributed by atoms with Gasteiger partial charge in [-0.15, -0.1) is 0 Å². The first-order chi connectivity index (χ1) is 14.3. The predicted octanol–water partition coefficient (Wildman–Crippen LogP) is 4.03. The summed E-state index contributed by atoms with van der Waals surface area (Å²) < 4.78 is 0. The summed E-state index contributed by atoms with van der Waals surface area (Å²) in [5.74, 6) is 0.711. The van der Waals surface area contributed by atoms with Crippen LogP contribution < -0.4 is 0 Å². The van der Waals surface area contributed by atoms with Crippen molar-refractivity contribution in [2.75, 3.05) is 27.2 Å². The fourth-order valence-corrected chi connectivity index (χ4v) is 4.39. The van der Waals surface area contributed by atoms with Gasteiger partial charge in [0.15, 0.2) is 0 Å². The minimum absolute atomic E-state index is 0.158. The van der Waals surface area contributed by atoms with Gasteiger partial charge >= 0.3 is 0 Å². The summed E-state index contributed by atoms with van der Waals surface area (Å²) in [6, 6.07) is 12.4. The van der Waals surface area contributed by atoms with E-state index in [0.29, 0.717) is 44.7 Å². The molecule has 0 unspecified atom stereocenters. The lowest BCUT2D eigenvalue weighted by molar-refractivity contribution is -0.146. The van der Waals surface area contributed by atoms with E-state index >= 15 is 0 Å². The minimum atomic E-state index is -0.467. The lowest BCUT2D eigenvalue weighted by Gasteiger charge is -2.42. The highest BCUT2D eigenvalue weighted by Gasteiger charge is 2.43. The van der Waals surface area contributed by atoms with E-state index in [1.54, 1.807) is 11.1 Å². The normalized spacial score (nSPS) is 15.8. The zero-order valence-corrected chi connectivity index (χ0v) is 18.6. The average molecular weight is 408 g/mol. The molecule has 0 saturated carbocycles. The molecule has 0 radical (unpaired) electrons. The summed E-state index contributed by atoms with van der Waals surface area (Å²) in [5, 5.41) is 0. The summed E-state index contributed by atoms with van der Waals surface area (Å²) in [5.41, 5.74) is 2.86. The maximum absolute atomic E-state index is 13.2. The maximum Gasteiger partial charge on any atom is 0.228 e. The van der Waals surface area contributed by atoms with Crippen LogP contribution in [0.4, 0.5) is 0 Å². The van der Waals surface area contributed by atoms with Crippen molar-refractivity contribution < 1.29 is 9.59 Å². The SMILES string of the molecule is CC(C)CC(=O)N1CCC(Cc2cccc(-c3cccnc3)c2)(C(=O)N(C)C)CC1. The van der Waals surface area contributed by atoms with Crippen LogP contribution in [0.5, 0.6) is 0 Å². The van der Waals surface area contributed by atoms with Gasteiger partial charge in [0.2, 0.25) is 11.8 Å². The van der Waals surface area contributed by atoms with Gasteiger partial charge in [0.05, 0.1) is 5.41 Å². The largest absolute Gasteiger partial charge is 0.348 e. The number of piperidine rings is 1. The molecular formula is C25H33N3O2. The predicted molar refractivity (Wildman–Crippen MR) is 120 cm³/mol. The first kappa shape index (κ1) is 22.0. The molecule has 2 aromatic rings. The van der Waals surface area contributed by atoms with E-state index in [1.807, 2.05) is 43.4 Å². The first-order valence-electron chi connectivity index (χ1n) is 10.8. The standard InChI is InChI=1S/C25H33N3O2/c1-19(2)15-23(29)28-13-10-25(11-14-28,24(30)27(3)4)17-20-7-5-8-21(16-20)22-9-6-12-26-18-22/h5-9,12,16,18-19H,10-11,13-15,17H2,1-4H3. The Balaban J connectivity index is 1.81. The molecule has 160 valence electrons. The van der Waals surface area contributed by atoms with Crippen molar-refractivity contribution in [3.05, 3.63) is 54.4 Å². The van der Waals surface area contributed by atoms with E-state index in [4.69, 9.17) is 0 Å². The van der Waals surface area contributed by atoms with Crippen LogP contribution in [-0.4, -0.2) is 53.8 Å². The monoisotopic (exact) mass is 407 g/mol. The van der Waals surface area contributed by atoms with Gasteiger partial charge in [-0.2, -0.15) is 0 Å². The molecule has 5 nitrogen and oxygen atoms in total. The van der Waals surface area contributed by atoms with E-state index in [2.05, 4.69) is 37.0 Å². The molecule has 0 bridgehead atoms. The van der Waals surface area contributed by atoms with Crippen LogP contribution in [-0.2, 0) is 16.0 Å². The molecular weight excluding hydrogens is 374 g/mol. The van der Waals surface area contributed by atoms with Crippen molar-refractivity contribution in [3.63, 3.8) is 0 Å². The summed E-state index contributed by atoms with van der Waals surface area (Å²) in [6.07, 6.45) is 6.28. The third-order valence-corrected chi connectivity index (χ3v) is 5.98. The highest BCUT2D eigenvalue weighted by molar-refractivity contribution is 5.83. The fourth-order valence-electron chi connectivity index (χ4n) is 4.39. The van der Waals surface area contributed by atoms with Crippen molar-refractivity contribution >= 4 is 11.8 Å². The molecule has 0 spiro atoms. The van der Waals surface area contributed by atoms with Crippen LogP contribution in [0.3, 0.4) is 0 Å². The minimum Gasteiger partial charge on any atom is -0.348 e. The number of amides is 2. The quantitative estimate of drug-likeness (QED) is 0.726. The van der Waals surface area contributed by atoms with Gasteiger partial charge < -0.3 is 9.80 Å². The summed E-state index contributed by atoms with van der Waals surface area (Å²) in [4.78, 5) is 33.6. The number of hydrogen-bond acceptors (Lipinski definition) is 3. The summed E-state index contributed by atoms with van der Waals surface area (Å²) in [6.45, 7) is 5.43. The van der Waals surface area contributed by atoms with Gasteiger partial charge in [-0.05, 0) is 47.9 Å². The van der Waals surface area contributed by atoms with Crippen LogP contribution in [0.2, 0.25) is 0 Å². The van der Waals surface area contributed by atoms with Gasteiger partial charge in [0, 0.05) is 46.0 Å². The van der Waals surface area contributed by atoms with Crippen molar-refractivity contribution in [1.29, 1.82) is 0 Å². The number of carbonyl (C=O) groups is 2. The molecule has 30 heavy (non-hydrogen) atoms. The third-order valence-electron chi connectivity index (χ3n) is 5.98. The van der Waals surface area contributed by atoms with Gasteiger partial charge in [0.1, 0.15) is 0 Å². The van der Waals surface area contributed by atoms with Crippen LogP contribution in [0, 0.1) is 11.3 Å². The van der Waals surface area contributed by atoms with E-state index in [1.165, 1.54) is 0 Å². The fraction of sp³-hybridized carbons (Fsp3) is 0.480. The number of carbonyl (C=O) groups excluding carboxylic acids is 2. The number of aromatic nitrogens is 1. The number of nitrogens with zero attached hydrogens (tertiary/aromatic N) is 3. The molecule has 1 aliphatic rings. The Hall–Kier alpha value is -2.69. The third kappa shape index (κ3) is 5.07. The van der Waals surface area contributed by atoms with Crippen LogP contribution in [0.15, 0.2) is 48.8 Å².